The van der Waals surface area contributed by atoms with E-state index < -0.39 is 11.6 Å². The Hall–Kier alpha value is -3.08. The van der Waals surface area contributed by atoms with Crippen LogP contribution in [0.15, 0.2) is 57.7 Å². The van der Waals surface area contributed by atoms with Crippen molar-refractivity contribution >= 4 is 16.9 Å². The lowest BCUT2D eigenvalue weighted by atomic mass is 10.1. The molecule has 0 unspecified atom stereocenters. The lowest BCUT2D eigenvalue weighted by Gasteiger charge is -2.09. The monoisotopic (exact) mass is 324 g/mol. The standard InChI is InChI=1S/C19H16O5/c1-12-5-3-4-6-16(12)22-11-19(21)23-14-7-8-15-13(2)9-18(20)24-17(15)10-14/h3-10H,11H2,1-2H3. The molecule has 3 rings (SSSR count). The van der Waals surface area contributed by atoms with Crippen LogP contribution in [0.3, 0.4) is 0 Å². The highest BCUT2D eigenvalue weighted by atomic mass is 16.6. The Kier molecular flexibility index (Phi) is 4.33. The highest BCUT2D eigenvalue weighted by Crippen LogP contribution is 2.22. The molecule has 0 aliphatic heterocycles. The number of para-hydroxylation sites is 1. The van der Waals surface area contributed by atoms with E-state index in [0.29, 0.717) is 17.1 Å². The molecular weight excluding hydrogens is 308 g/mol. The fraction of sp³-hybridized carbons (Fsp3) is 0.158. The molecule has 0 bridgehead atoms. The number of fused-ring (bicyclic) bond motifs is 1. The lowest BCUT2D eigenvalue weighted by molar-refractivity contribution is -0.136. The molecule has 122 valence electrons. The Balaban J connectivity index is 1.71. The van der Waals surface area contributed by atoms with E-state index in [1.807, 2.05) is 32.0 Å². The van der Waals surface area contributed by atoms with Crippen LogP contribution < -0.4 is 15.1 Å². The number of aryl methyl sites for hydroxylation is 2. The van der Waals surface area contributed by atoms with E-state index in [0.717, 1.165) is 16.5 Å². The van der Waals surface area contributed by atoms with Crippen molar-refractivity contribution < 1.29 is 18.7 Å². The topological polar surface area (TPSA) is 65.7 Å². The third-order valence-electron chi connectivity index (χ3n) is 3.59. The zero-order chi connectivity index (χ0) is 17.1. The second kappa shape index (κ2) is 6.58. The Bertz CT molecular complexity index is 955. The van der Waals surface area contributed by atoms with Crippen LogP contribution in [0, 0.1) is 13.8 Å². The summed E-state index contributed by atoms with van der Waals surface area (Å²) >= 11 is 0. The van der Waals surface area contributed by atoms with Crippen molar-refractivity contribution in [1.29, 1.82) is 0 Å². The summed E-state index contributed by atoms with van der Waals surface area (Å²) < 4.78 is 15.8. The summed E-state index contributed by atoms with van der Waals surface area (Å²) in [7, 11) is 0. The maximum absolute atomic E-state index is 11.9. The summed E-state index contributed by atoms with van der Waals surface area (Å²) in [5.74, 6) is 0.400. The molecule has 3 aromatic rings. The van der Waals surface area contributed by atoms with E-state index in [-0.39, 0.29) is 6.61 Å². The van der Waals surface area contributed by atoms with Crippen LogP contribution in [-0.2, 0) is 4.79 Å². The van der Waals surface area contributed by atoms with Crippen LogP contribution in [0.4, 0.5) is 0 Å². The smallest absolute Gasteiger partial charge is 0.349 e. The van der Waals surface area contributed by atoms with Crippen LogP contribution in [0.2, 0.25) is 0 Å². The first kappa shape index (κ1) is 15.8. The van der Waals surface area contributed by atoms with Gasteiger partial charge in [-0.25, -0.2) is 9.59 Å². The SMILES string of the molecule is Cc1ccccc1OCC(=O)Oc1ccc2c(C)cc(=O)oc2c1. The van der Waals surface area contributed by atoms with Crippen molar-refractivity contribution in [2.75, 3.05) is 6.61 Å². The summed E-state index contributed by atoms with van der Waals surface area (Å²) in [6.45, 7) is 3.51. The number of hydrogen-bond donors (Lipinski definition) is 0. The molecule has 0 aliphatic rings. The van der Waals surface area contributed by atoms with Crippen LogP contribution in [0.1, 0.15) is 11.1 Å². The van der Waals surface area contributed by atoms with Crippen molar-refractivity contribution in [3.63, 3.8) is 0 Å². The molecule has 1 aromatic heterocycles. The predicted octanol–water partition coefficient (Wildman–Crippen LogP) is 3.39. The number of esters is 1. The fourth-order valence-corrected chi connectivity index (χ4v) is 2.38. The van der Waals surface area contributed by atoms with Crippen LogP contribution >= 0.6 is 0 Å². The zero-order valence-electron chi connectivity index (χ0n) is 13.4. The molecule has 0 atom stereocenters. The average Bonchev–Trinajstić information content (AvgIpc) is 2.53. The quantitative estimate of drug-likeness (QED) is 0.418. The van der Waals surface area contributed by atoms with Crippen molar-refractivity contribution in [2.45, 2.75) is 13.8 Å². The molecule has 0 amide bonds. The molecule has 0 spiro atoms. The molecule has 0 N–H and O–H groups in total. The highest BCUT2D eigenvalue weighted by molar-refractivity contribution is 5.82. The van der Waals surface area contributed by atoms with E-state index in [1.54, 1.807) is 18.2 Å². The molecule has 5 heteroatoms. The fourth-order valence-electron chi connectivity index (χ4n) is 2.38. The third-order valence-corrected chi connectivity index (χ3v) is 3.59. The van der Waals surface area contributed by atoms with Crippen LogP contribution in [-0.4, -0.2) is 12.6 Å². The Morgan fingerprint density at radius 1 is 1.04 bits per heavy atom. The van der Waals surface area contributed by atoms with E-state index in [4.69, 9.17) is 13.9 Å². The molecule has 2 aromatic carbocycles. The van der Waals surface area contributed by atoms with Crippen molar-refractivity contribution in [3.8, 4) is 11.5 Å². The minimum atomic E-state index is -0.535. The average molecular weight is 324 g/mol. The lowest BCUT2D eigenvalue weighted by Crippen LogP contribution is -2.18. The van der Waals surface area contributed by atoms with Gasteiger partial charge in [-0.05, 0) is 43.2 Å². The van der Waals surface area contributed by atoms with Gasteiger partial charge >= 0.3 is 11.6 Å². The first-order valence-corrected chi connectivity index (χ1v) is 7.46. The van der Waals surface area contributed by atoms with Gasteiger partial charge in [0.15, 0.2) is 6.61 Å². The molecule has 24 heavy (non-hydrogen) atoms. The minimum absolute atomic E-state index is 0.208. The third kappa shape index (κ3) is 3.46. The van der Waals surface area contributed by atoms with Gasteiger partial charge in [0.1, 0.15) is 17.1 Å². The molecule has 0 aliphatic carbocycles. The van der Waals surface area contributed by atoms with Gasteiger partial charge in [0.05, 0.1) is 0 Å². The number of carbonyl (C=O) groups is 1. The molecule has 5 nitrogen and oxygen atoms in total. The largest absolute Gasteiger partial charge is 0.482 e. The Morgan fingerprint density at radius 2 is 1.83 bits per heavy atom. The van der Waals surface area contributed by atoms with Gasteiger partial charge in [0, 0.05) is 17.5 Å². The Morgan fingerprint density at radius 3 is 2.62 bits per heavy atom. The van der Waals surface area contributed by atoms with Gasteiger partial charge in [0.25, 0.3) is 0 Å². The molecule has 0 fully saturated rings. The summed E-state index contributed by atoms with van der Waals surface area (Å²) in [6, 6.07) is 13.8. The van der Waals surface area contributed by atoms with E-state index in [2.05, 4.69) is 0 Å². The molecule has 0 saturated heterocycles. The number of rotatable bonds is 4. The normalized spacial score (nSPS) is 10.6. The predicted molar refractivity (Wildman–Crippen MR) is 89.5 cm³/mol. The highest BCUT2D eigenvalue weighted by Gasteiger charge is 2.09. The summed E-state index contributed by atoms with van der Waals surface area (Å²) in [5.41, 5.74) is 1.69. The zero-order valence-corrected chi connectivity index (χ0v) is 13.4. The van der Waals surface area contributed by atoms with E-state index in [9.17, 15) is 9.59 Å². The molecular formula is C19H16O5. The second-order valence-electron chi connectivity index (χ2n) is 5.43. The maximum Gasteiger partial charge on any atom is 0.349 e. The first-order valence-electron chi connectivity index (χ1n) is 7.46. The van der Waals surface area contributed by atoms with Gasteiger partial charge < -0.3 is 13.9 Å². The van der Waals surface area contributed by atoms with Crippen LogP contribution in [0.5, 0.6) is 11.5 Å². The molecule has 0 saturated carbocycles. The number of benzene rings is 2. The Labute approximate surface area is 138 Å². The number of ether oxygens (including phenoxy) is 2. The summed E-state index contributed by atoms with van der Waals surface area (Å²) in [4.78, 5) is 23.4. The first-order chi connectivity index (χ1) is 11.5. The van der Waals surface area contributed by atoms with Crippen molar-refractivity contribution in [2.24, 2.45) is 0 Å². The van der Waals surface area contributed by atoms with Crippen molar-refractivity contribution in [1.82, 2.24) is 0 Å². The van der Waals surface area contributed by atoms with Gasteiger partial charge in [-0.3, -0.25) is 0 Å². The molecule has 1 heterocycles. The van der Waals surface area contributed by atoms with Gasteiger partial charge in [-0.2, -0.15) is 0 Å². The number of carbonyl (C=O) groups excluding carboxylic acids is 1. The van der Waals surface area contributed by atoms with Crippen LogP contribution in [0.25, 0.3) is 11.0 Å². The summed E-state index contributed by atoms with van der Waals surface area (Å²) in [5, 5.41) is 0.797. The minimum Gasteiger partial charge on any atom is -0.482 e. The van der Waals surface area contributed by atoms with Gasteiger partial charge in [-0.15, -0.1) is 0 Å². The second-order valence-corrected chi connectivity index (χ2v) is 5.43. The van der Waals surface area contributed by atoms with Crippen molar-refractivity contribution in [3.05, 3.63) is 70.1 Å². The van der Waals surface area contributed by atoms with E-state index in [1.165, 1.54) is 12.1 Å². The summed E-state index contributed by atoms with van der Waals surface area (Å²) in [6.07, 6.45) is 0. The number of hydrogen-bond acceptors (Lipinski definition) is 5. The molecule has 0 radical (unpaired) electrons. The van der Waals surface area contributed by atoms with Gasteiger partial charge in [0.2, 0.25) is 0 Å². The maximum atomic E-state index is 11.9. The van der Waals surface area contributed by atoms with E-state index >= 15 is 0 Å². The van der Waals surface area contributed by atoms with Gasteiger partial charge in [-0.1, -0.05) is 18.2 Å².